The first-order valence-corrected chi connectivity index (χ1v) is 17.2. The minimum Gasteiger partial charge on any atom is -0.261 e. The zero-order chi connectivity index (χ0) is 30.1. The van der Waals surface area contributed by atoms with Crippen molar-refractivity contribution >= 4 is 44.7 Å². The molecule has 6 aromatic rings. The number of alkyl halides is 2. The van der Waals surface area contributed by atoms with E-state index in [1.807, 2.05) is 50.4 Å². The van der Waals surface area contributed by atoms with Crippen LogP contribution in [0.5, 0.6) is 0 Å². The Labute approximate surface area is 266 Å². The molecule has 8 nitrogen and oxygen atoms in total. The summed E-state index contributed by atoms with van der Waals surface area (Å²) in [4.78, 5) is 22.1. The summed E-state index contributed by atoms with van der Waals surface area (Å²) in [5.74, 6) is 0.735. The van der Waals surface area contributed by atoms with Crippen molar-refractivity contribution in [1.29, 1.82) is 0 Å². The standard InChI is InChI=1S/C35H33IN7O/c1-20-15-24(11-13-37-20)40-23-6-9-28-31(18-23)43-32(42-28)29-10-7-25(19-38-29)41-30-16-21(2)39-27-8-5-22(17-26(27)30)35-12-14-44-34(3,4)33(35)36-35/h5-11,13,15-19,33H,12,14H2,1-4H3,(H,37,40)(H,39,41)(H,42,43)/q-1/t33-,35-/m0/s1. The molecule has 2 atom stereocenters. The molecule has 0 unspecified atom stereocenters. The molecule has 2 aromatic carbocycles. The van der Waals surface area contributed by atoms with Crippen molar-refractivity contribution in [2.75, 3.05) is 17.2 Å². The minimum atomic E-state index is -0.0290. The van der Waals surface area contributed by atoms with Crippen LogP contribution in [0, 0.1) is 13.8 Å². The number of fused-ring (bicyclic) bond motifs is 3. The first-order chi connectivity index (χ1) is 21.3. The number of rotatable bonds is 6. The van der Waals surface area contributed by atoms with Gasteiger partial charge in [-0.1, -0.05) is 0 Å². The molecule has 0 aliphatic carbocycles. The Morgan fingerprint density at radius 1 is 0.841 bits per heavy atom. The van der Waals surface area contributed by atoms with E-state index in [1.165, 1.54) is 5.56 Å². The third-order valence-electron chi connectivity index (χ3n) is 8.58. The number of anilines is 4. The third-order valence-corrected chi connectivity index (χ3v) is 14.0. The summed E-state index contributed by atoms with van der Waals surface area (Å²) in [7, 11) is 0. The number of benzene rings is 2. The number of nitrogens with one attached hydrogen (secondary N) is 3. The first-order valence-electron chi connectivity index (χ1n) is 14.9. The molecule has 2 aliphatic heterocycles. The molecule has 2 fully saturated rings. The summed E-state index contributed by atoms with van der Waals surface area (Å²) in [5.41, 5.74) is 10.9. The van der Waals surface area contributed by atoms with Gasteiger partial charge >= 0.3 is 186 Å². The Bertz CT molecular complexity index is 2060. The van der Waals surface area contributed by atoms with Crippen LogP contribution in [0.4, 0.5) is 22.7 Å². The number of hydrogen-bond donors (Lipinski definition) is 3. The molecule has 2 aliphatic rings. The Morgan fingerprint density at radius 2 is 1.68 bits per heavy atom. The monoisotopic (exact) mass is 694 g/mol. The summed E-state index contributed by atoms with van der Waals surface area (Å²) < 4.78 is 7.13. The Kier molecular flexibility index (Phi) is 6.39. The maximum atomic E-state index is 6.15. The van der Waals surface area contributed by atoms with Crippen molar-refractivity contribution in [3.63, 3.8) is 0 Å². The van der Waals surface area contributed by atoms with Crippen LogP contribution in [0.15, 0.2) is 79.1 Å². The number of halogens is 1. The topological polar surface area (TPSA) is 101 Å². The van der Waals surface area contributed by atoms with Gasteiger partial charge in [0.2, 0.25) is 0 Å². The number of pyridine rings is 3. The molecule has 4 aromatic heterocycles. The second-order valence-corrected chi connectivity index (χ2v) is 16.1. The van der Waals surface area contributed by atoms with Crippen molar-refractivity contribution in [3.05, 3.63) is 96.1 Å². The van der Waals surface area contributed by atoms with Crippen LogP contribution in [0.1, 0.15) is 37.2 Å². The Balaban J connectivity index is 1.05. The van der Waals surface area contributed by atoms with Gasteiger partial charge in [0.1, 0.15) is 0 Å². The maximum absolute atomic E-state index is 6.15. The number of nitrogens with zero attached hydrogens (tertiary/aromatic N) is 4. The quantitative estimate of drug-likeness (QED) is 0.174. The van der Waals surface area contributed by atoms with Crippen molar-refractivity contribution in [2.24, 2.45) is 0 Å². The van der Waals surface area contributed by atoms with Crippen molar-refractivity contribution in [3.8, 4) is 11.5 Å². The van der Waals surface area contributed by atoms with Gasteiger partial charge in [0.15, 0.2) is 0 Å². The number of imidazole rings is 1. The zero-order valence-electron chi connectivity index (χ0n) is 25.1. The molecule has 0 bridgehead atoms. The van der Waals surface area contributed by atoms with Gasteiger partial charge in [0, 0.05) is 23.3 Å². The van der Waals surface area contributed by atoms with E-state index in [2.05, 4.69) is 70.8 Å². The van der Waals surface area contributed by atoms with Crippen molar-refractivity contribution in [1.82, 2.24) is 24.9 Å². The fourth-order valence-electron chi connectivity index (χ4n) is 6.40. The number of aromatic amines is 1. The molecule has 8 rings (SSSR count). The number of aryl methyl sites for hydroxylation is 2. The fourth-order valence-corrected chi connectivity index (χ4v) is 10.9. The molecule has 9 heteroatoms. The van der Waals surface area contributed by atoms with E-state index in [9.17, 15) is 0 Å². The van der Waals surface area contributed by atoms with Crippen LogP contribution < -0.4 is 31.8 Å². The normalized spacial score (nSPS) is 20.6. The molecule has 44 heavy (non-hydrogen) atoms. The first kappa shape index (κ1) is 27.5. The molecule has 6 heterocycles. The van der Waals surface area contributed by atoms with Gasteiger partial charge in [0.25, 0.3) is 0 Å². The van der Waals surface area contributed by atoms with Crippen LogP contribution >= 0.6 is 0 Å². The Hall–Kier alpha value is -4.09. The van der Waals surface area contributed by atoms with Crippen molar-refractivity contribution in [2.45, 2.75) is 47.1 Å². The van der Waals surface area contributed by atoms with Gasteiger partial charge in [-0.05, 0) is 37.3 Å². The van der Waals surface area contributed by atoms with E-state index in [0.29, 0.717) is 7.35 Å². The molecular weight excluding hydrogens is 661 g/mol. The van der Waals surface area contributed by atoms with E-state index in [1.54, 1.807) is 6.20 Å². The summed E-state index contributed by atoms with van der Waals surface area (Å²) in [6, 6.07) is 23.2. The van der Waals surface area contributed by atoms with E-state index in [-0.39, 0.29) is 26.8 Å². The smallest absolute Gasteiger partial charge is 0.261 e. The summed E-state index contributed by atoms with van der Waals surface area (Å²) in [6.07, 6.45) is 4.80. The Morgan fingerprint density at radius 3 is 2.52 bits per heavy atom. The van der Waals surface area contributed by atoms with Gasteiger partial charge in [-0.3, -0.25) is 4.98 Å². The van der Waals surface area contributed by atoms with Gasteiger partial charge in [-0.15, -0.1) is 0 Å². The van der Waals surface area contributed by atoms with E-state index >= 15 is 0 Å². The van der Waals surface area contributed by atoms with Crippen LogP contribution in [-0.4, -0.2) is 41.1 Å². The van der Waals surface area contributed by atoms with Gasteiger partial charge in [-0.25, -0.2) is 0 Å². The van der Waals surface area contributed by atoms with E-state index in [0.717, 1.165) is 80.6 Å². The SMILES string of the molecule is Cc1cc(Nc2ccc3nc(-c4ccc(Nc5cc(C)nc6ccc([C@@]78CCOC(C)(C)[C@@H]7[I-]8)cc56)cn4)[nH]c3c2)ccn1. The fraction of sp³-hybridized carbons (Fsp3) is 0.257. The molecule has 0 saturated carbocycles. The second kappa shape index (κ2) is 10.2. The predicted molar refractivity (Wildman–Crippen MR) is 171 cm³/mol. The number of aromatic nitrogens is 5. The van der Waals surface area contributed by atoms with Crippen LogP contribution in [0.3, 0.4) is 0 Å². The van der Waals surface area contributed by atoms with E-state index in [4.69, 9.17) is 19.7 Å². The molecule has 2 saturated heterocycles. The van der Waals surface area contributed by atoms with Crippen LogP contribution in [0.25, 0.3) is 33.5 Å². The van der Waals surface area contributed by atoms with Crippen LogP contribution in [0.2, 0.25) is 0 Å². The molecule has 0 spiro atoms. The summed E-state index contributed by atoms with van der Waals surface area (Å²) >= 11 is 0.0532. The number of hydrogen-bond acceptors (Lipinski definition) is 7. The summed E-state index contributed by atoms with van der Waals surface area (Å²) in [6.45, 7) is 9.39. The average molecular weight is 695 g/mol. The third kappa shape index (κ3) is 4.88. The molecular formula is C35H33IN7O-. The summed E-state index contributed by atoms with van der Waals surface area (Å²) in [5, 5.41) is 8.23. The molecule has 0 radical (unpaired) electrons. The van der Waals surface area contributed by atoms with Crippen molar-refractivity contribution < 1.29 is 25.9 Å². The average Bonchev–Trinajstić information content (AvgIpc) is 3.63. The number of ether oxygens (including phenoxy) is 1. The van der Waals surface area contributed by atoms with Gasteiger partial charge in [-0.2, -0.15) is 0 Å². The van der Waals surface area contributed by atoms with Crippen LogP contribution in [-0.2, 0) is 8.16 Å². The van der Waals surface area contributed by atoms with E-state index < -0.39 is 0 Å². The molecule has 3 N–H and O–H groups in total. The number of H-pyrrole nitrogens is 1. The second-order valence-electron chi connectivity index (χ2n) is 12.3. The molecule has 222 valence electrons. The zero-order valence-corrected chi connectivity index (χ0v) is 27.2. The van der Waals surface area contributed by atoms with Gasteiger partial charge < -0.3 is 5.32 Å². The molecule has 0 amide bonds. The minimum absolute atomic E-state index is 0.0290. The predicted octanol–water partition coefficient (Wildman–Crippen LogP) is 4.54. The van der Waals surface area contributed by atoms with Gasteiger partial charge in [0.05, 0.1) is 11.0 Å².